The molecular weight excluding hydrogens is 440 g/mol. The third-order valence-electron chi connectivity index (χ3n) is 6.14. The number of anilines is 1. The van der Waals surface area contributed by atoms with Gasteiger partial charge < -0.3 is 19.1 Å². The first-order valence-electron chi connectivity index (χ1n) is 11.3. The molecule has 2 aliphatic heterocycles. The molecular formula is C25H24N2O7. The van der Waals surface area contributed by atoms with E-state index < -0.39 is 23.8 Å². The summed E-state index contributed by atoms with van der Waals surface area (Å²) in [5.41, 5.74) is 1.47. The molecule has 0 N–H and O–H groups in total. The molecule has 3 aliphatic rings. The van der Waals surface area contributed by atoms with Gasteiger partial charge in [-0.05, 0) is 61.7 Å². The highest BCUT2D eigenvalue weighted by atomic mass is 16.7. The van der Waals surface area contributed by atoms with E-state index in [4.69, 9.17) is 14.2 Å². The van der Waals surface area contributed by atoms with Gasteiger partial charge in [0.2, 0.25) is 18.6 Å². The van der Waals surface area contributed by atoms with E-state index in [1.807, 2.05) is 6.07 Å². The fraction of sp³-hybridized carbons (Fsp3) is 0.360. The van der Waals surface area contributed by atoms with Gasteiger partial charge in [0.1, 0.15) is 6.04 Å². The second kappa shape index (κ2) is 8.81. The lowest BCUT2D eigenvalue weighted by Crippen LogP contribution is -2.45. The number of nitrogens with zero attached hydrogens (tertiary/aromatic N) is 2. The van der Waals surface area contributed by atoms with Crippen LogP contribution in [0.2, 0.25) is 0 Å². The van der Waals surface area contributed by atoms with E-state index in [1.165, 1.54) is 29.2 Å². The normalized spacial score (nSPS) is 18.9. The van der Waals surface area contributed by atoms with Gasteiger partial charge in [-0.2, -0.15) is 0 Å². The van der Waals surface area contributed by atoms with E-state index in [2.05, 4.69) is 0 Å². The monoisotopic (exact) mass is 464 g/mol. The van der Waals surface area contributed by atoms with Crippen molar-refractivity contribution in [1.29, 1.82) is 0 Å². The van der Waals surface area contributed by atoms with E-state index in [1.54, 1.807) is 19.1 Å². The Kier molecular flexibility index (Phi) is 5.69. The maximum absolute atomic E-state index is 13.4. The molecule has 176 valence electrons. The number of carbonyl (C=O) groups is 4. The molecule has 2 aromatic rings. The van der Waals surface area contributed by atoms with Crippen LogP contribution in [0.1, 0.15) is 42.1 Å². The van der Waals surface area contributed by atoms with Crippen molar-refractivity contribution in [3.8, 4) is 11.5 Å². The second-order valence-corrected chi connectivity index (χ2v) is 8.48. The standard InChI is InChI=1S/C25H24N2O7/c1-2-32-25(31)17-6-8-18(9-7-17)27-22(28)12-19(24(27)30)26(23(29)16-4-5-16)13-15-3-10-20-21(11-15)34-14-33-20/h3,6-11,16,19H,2,4-5,12-14H2,1H3. The van der Waals surface area contributed by atoms with E-state index in [9.17, 15) is 19.2 Å². The molecule has 2 heterocycles. The van der Waals surface area contributed by atoms with Crippen LogP contribution in [-0.2, 0) is 25.7 Å². The fourth-order valence-electron chi connectivity index (χ4n) is 4.23. The molecule has 34 heavy (non-hydrogen) atoms. The molecule has 9 heteroatoms. The van der Waals surface area contributed by atoms with Crippen LogP contribution in [-0.4, -0.2) is 48.0 Å². The van der Waals surface area contributed by atoms with Crippen LogP contribution < -0.4 is 14.4 Å². The minimum Gasteiger partial charge on any atom is -0.462 e. The Morgan fingerprint density at radius 3 is 2.50 bits per heavy atom. The minimum atomic E-state index is -0.893. The van der Waals surface area contributed by atoms with E-state index >= 15 is 0 Å². The lowest BCUT2D eigenvalue weighted by Gasteiger charge is -2.28. The molecule has 2 fully saturated rings. The van der Waals surface area contributed by atoms with Gasteiger partial charge in [0.25, 0.3) is 5.91 Å². The van der Waals surface area contributed by atoms with Crippen LogP contribution >= 0.6 is 0 Å². The largest absolute Gasteiger partial charge is 0.462 e. The van der Waals surface area contributed by atoms with E-state index in [0.29, 0.717) is 22.7 Å². The van der Waals surface area contributed by atoms with Crippen molar-refractivity contribution in [1.82, 2.24) is 4.90 Å². The second-order valence-electron chi connectivity index (χ2n) is 8.48. The summed E-state index contributed by atoms with van der Waals surface area (Å²) in [7, 11) is 0. The fourth-order valence-corrected chi connectivity index (χ4v) is 4.23. The van der Waals surface area contributed by atoms with Crippen molar-refractivity contribution >= 4 is 29.4 Å². The van der Waals surface area contributed by atoms with Crippen LogP contribution in [0.5, 0.6) is 11.5 Å². The topological polar surface area (TPSA) is 102 Å². The van der Waals surface area contributed by atoms with Crippen molar-refractivity contribution in [2.75, 3.05) is 18.3 Å². The van der Waals surface area contributed by atoms with Crippen LogP contribution in [0, 0.1) is 5.92 Å². The van der Waals surface area contributed by atoms with Gasteiger partial charge in [0.05, 0.1) is 24.3 Å². The highest BCUT2D eigenvalue weighted by Crippen LogP contribution is 2.37. The van der Waals surface area contributed by atoms with Crippen LogP contribution in [0.15, 0.2) is 42.5 Å². The molecule has 1 saturated carbocycles. The minimum absolute atomic E-state index is 0.0958. The molecule has 2 aromatic carbocycles. The van der Waals surface area contributed by atoms with Crippen LogP contribution in [0.25, 0.3) is 0 Å². The van der Waals surface area contributed by atoms with Crippen molar-refractivity contribution in [2.45, 2.75) is 38.8 Å². The first-order chi connectivity index (χ1) is 16.5. The zero-order valence-electron chi connectivity index (χ0n) is 18.7. The third-order valence-corrected chi connectivity index (χ3v) is 6.14. The third kappa shape index (κ3) is 4.09. The molecule has 0 aromatic heterocycles. The maximum Gasteiger partial charge on any atom is 0.338 e. The van der Waals surface area contributed by atoms with Crippen molar-refractivity contribution < 1.29 is 33.4 Å². The van der Waals surface area contributed by atoms with Gasteiger partial charge in [-0.25, -0.2) is 9.69 Å². The van der Waals surface area contributed by atoms with Gasteiger partial charge in [0, 0.05) is 12.5 Å². The molecule has 1 saturated heterocycles. The van der Waals surface area contributed by atoms with Gasteiger partial charge in [-0.1, -0.05) is 6.07 Å². The summed E-state index contributed by atoms with van der Waals surface area (Å²) in [6, 6.07) is 10.6. The van der Waals surface area contributed by atoms with Gasteiger partial charge in [-0.3, -0.25) is 14.4 Å². The smallest absolute Gasteiger partial charge is 0.338 e. The molecule has 5 rings (SSSR count). The zero-order valence-corrected chi connectivity index (χ0v) is 18.7. The molecule has 0 spiro atoms. The zero-order chi connectivity index (χ0) is 23.8. The summed E-state index contributed by atoms with van der Waals surface area (Å²) in [5, 5.41) is 0. The quantitative estimate of drug-likeness (QED) is 0.459. The predicted octanol–water partition coefficient (Wildman–Crippen LogP) is 2.66. The van der Waals surface area contributed by atoms with E-state index in [-0.39, 0.29) is 38.2 Å². The highest BCUT2D eigenvalue weighted by molar-refractivity contribution is 6.23. The summed E-state index contributed by atoms with van der Waals surface area (Å²) in [6.07, 6.45) is 1.47. The summed E-state index contributed by atoms with van der Waals surface area (Å²) in [5.74, 6) is -0.335. The molecule has 0 bridgehead atoms. The van der Waals surface area contributed by atoms with Gasteiger partial charge in [0.15, 0.2) is 11.5 Å². The number of hydrogen-bond donors (Lipinski definition) is 0. The predicted molar refractivity (Wildman–Crippen MR) is 119 cm³/mol. The van der Waals surface area contributed by atoms with Gasteiger partial charge in [-0.15, -0.1) is 0 Å². The number of hydrogen-bond acceptors (Lipinski definition) is 7. The summed E-state index contributed by atoms with van der Waals surface area (Å²) < 4.78 is 15.8. The average molecular weight is 464 g/mol. The lowest BCUT2D eigenvalue weighted by molar-refractivity contribution is -0.140. The van der Waals surface area contributed by atoms with Gasteiger partial charge >= 0.3 is 5.97 Å². The molecule has 0 radical (unpaired) electrons. The van der Waals surface area contributed by atoms with Crippen molar-refractivity contribution in [2.24, 2.45) is 5.92 Å². The molecule has 1 atom stereocenters. The van der Waals surface area contributed by atoms with Crippen LogP contribution in [0.4, 0.5) is 5.69 Å². The molecule has 1 unspecified atom stereocenters. The van der Waals surface area contributed by atoms with Crippen molar-refractivity contribution in [3.05, 3.63) is 53.6 Å². The first kappa shape index (κ1) is 21.9. The Morgan fingerprint density at radius 1 is 1.06 bits per heavy atom. The first-order valence-corrected chi connectivity index (χ1v) is 11.3. The van der Waals surface area contributed by atoms with E-state index in [0.717, 1.165) is 23.3 Å². The van der Waals surface area contributed by atoms with Crippen molar-refractivity contribution in [3.63, 3.8) is 0 Å². The summed E-state index contributed by atoms with van der Waals surface area (Å²) >= 11 is 0. The number of esters is 1. The number of imide groups is 1. The number of fused-ring (bicyclic) bond motifs is 1. The maximum atomic E-state index is 13.4. The SMILES string of the molecule is CCOC(=O)c1ccc(N2C(=O)CC(N(Cc3ccc4c(c3)OCO4)C(=O)C3CC3)C2=O)cc1. The highest BCUT2D eigenvalue weighted by Gasteiger charge is 2.47. The molecule has 1 aliphatic carbocycles. The Hall–Kier alpha value is -3.88. The molecule has 3 amide bonds. The van der Waals surface area contributed by atoms with Crippen LogP contribution in [0.3, 0.4) is 0 Å². The Bertz CT molecular complexity index is 1160. The average Bonchev–Trinajstić information content (AvgIpc) is 3.51. The number of amides is 3. The number of benzene rings is 2. The Morgan fingerprint density at radius 2 is 1.79 bits per heavy atom. The Balaban J connectivity index is 1.38. The molecule has 9 nitrogen and oxygen atoms in total. The number of carbonyl (C=O) groups excluding carboxylic acids is 4. The lowest BCUT2D eigenvalue weighted by atomic mass is 10.1. The summed E-state index contributed by atoms with van der Waals surface area (Å²) in [4.78, 5) is 53.9. The number of ether oxygens (including phenoxy) is 3. The summed E-state index contributed by atoms with van der Waals surface area (Å²) in [6.45, 7) is 2.29. The Labute approximate surface area is 196 Å². The number of rotatable bonds is 7.